The molecule has 3 heterocycles. The fourth-order valence-corrected chi connectivity index (χ4v) is 2.97. The second-order valence-corrected chi connectivity index (χ2v) is 5.56. The van der Waals surface area contributed by atoms with E-state index in [0.29, 0.717) is 0 Å². The minimum absolute atomic E-state index is 0. The quantitative estimate of drug-likeness (QED) is 0.652. The Labute approximate surface area is 141 Å². The molecule has 0 N–H and O–H groups in total. The number of morpholine rings is 2. The van der Waals surface area contributed by atoms with Gasteiger partial charge in [-0.25, -0.2) is 4.98 Å². The first kappa shape index (κ1) is 16.2. The molecule has 0 unspecified atom stereocenters. The highest BCUT2D eigenvalue weighted by atomic mass is 35.5. The number of rotatable bonds is 2. The van der Waals surface area contributed by atoms with Gasteiger partial charge in [0.1, 0.15) is 5.82 Å². The Balaban J connectivity index is 0.00000156. The molecule has 2 aliphatic rings. The Bertz CT molecular complexity index is 658. The highest BCUT2D eigenvalue weighted by Gasteiger charge is 2.20. The van der Waals surface area contributed by atoms with Gasteiger partial charge in [0.15, 0.2) is 0 Å². The maximum Gasteiger partial charge on any atom is 0.228 e. The Morgan fingerprint density at radius 2 is 1.39 bits per heavy atom. The molecule has 0 radical (unpaired) electrons. The van der Waals surface area contributed by atoms with Crippen molar-refractivity contribution < 1.29 is 21.9 Å². The van der Waals surface area contributed by atoms with Crippen molar-refractivity contribution in [3.63, 3.8) is 0 Å². The molecule has 1 aromatic carbocycles. The summed E-state index contributed by atoms with van der Waals surface area (Å²) in [6, 6.07) is 8.24. The van der Waals surface area contributed by atoms with Crippen molar-refractivity contribution in [2.24, 2.45) is 0 Å². The monoisotopic (exact) mass is 335 g/mol. The van der Waals surface area contributed by atoms with Gasteiger partial charge in [0, 0.05) is 31.6 Å². The topological polar surface area (TPSA) is 50.7 Å². The summed E-state index contributed by atoms with van der Waals surface area (Å²) in [5.41, 5.74) is 1.00. The fraction of sp³-hybridized carbons (Fsp3) is 0.500. The number of para-hydroxylation sites is 1. The third kappa shape index (κ3) is 3.34. The minimum Gasteiger partial charge on any atom is -1.00 e. The number of benzene rings is 1. The van der Waals surface area contributed by atoms with Crippen molar-refractivity contribution in [3.8, 4) is 0 Å². The summed E-state index contributed by atoms with van der Waals surface area (Å²) in [7, 11) is 0. The van der Waals surface area contributed by atoms with Gasteiger partial charge in [-0.15, -0.1) is 0 Å². The van der Waals surface area contributed by atoms with Crippen LogP contribution < -0.4 is 22.2 Å². The lowest BCUT2D eigenvalue weighted by molar-refractivity contribution is -0.00000599. The van der Waals surface area contributed by atoms with E-state index in [0.717, 1.165) is 75.3 Å². The Morgan fingerprint density at radius 3 is 2.09 bits per heavy atom. The summed E-state index contributed by atoms with van der Waals surface area (Å²) in [5.74, 6) is 1.83. The highest BCUT2D eigenvalue weighted by molar-refractivity contribution is 5.90. The standard InChI is InChI=1S/C16H20N4O2.ClH/c1-2-4-14-13(3-1)15(19-5-9-21-10-6-19)18-16(17-14)20-7-11-22-12-8-20;/h1-4H,5-12H2;1H/p-1. The van der Waals surface area contributed by atoms with E-state index in [1.54, 1.807) is 0 Å². The number of aromatic nitrogens is 2. The van der Waals surface area contributed by atoms with E-state index in [2.05, 4.69) is 21.9 Å². The van der Waals surface area contributed by atoms with Gasteiger partial charge in [0.2, 0.25) is 5.95 Å². The lowest BCUT2D eigenvalue weighted by atomic mass is 10.2. The highest BCUT2D eigenvalue weighted by Crippen LogP contribution is 2.27. The number of nitrogens with zero attached hydrogens (tertiary/aromatic N) is 4. The van der Waals surface area contributed by atoms with Crippen molar-refractivity contribution in [2.45, 2.75) is 0 Å². The van der Waals surface area contributed by atoms with Crippen LogP contribution in [0.4, 0.5) is 11.8 Å². The van der Waals surface area contributed by atoms with Crippen LogP contribution in [0.15, 0.2) is 24.3 Å². The molecule has 2 aliphatic heterocycles. The Kier molecular flexibility index (Phi) is 5.15. The lowest BCUT2D eigenvalue weighted by Crippen LogP contribution is -3.00. The molecule has 0 spiro atoms. The van der Waals surface area contributed by atoms with Crippen LogP contribution in [0.5, 0.6) is 0 Å². The fourth-order valence-electron chi connectivity index (χ4n) is 2.97. The van der Waals surface area contributed by atoms with Gasteiger partial charge >= 0.3 is 0 Å². The molecule has 1 aromatic heterocycles. The normalized spacial score (nSPS) is 18.8. The molecule has 2 fully saturated rings. The molecule has 0 saturated carbocycles. The molecule has 4 rings (SSSR count). The average Bonchev–Trinajstić information content (AvgIpc) is 2.62. The average molecular weight is 336 g/mol. The molecule has 7 heteroatoms. The number of hydrogen-bond donors (Lipinski definition) is 0. The third-order valence-electron chi connectivity index (χ3n) is 4.18. The summed E-state index contributed by atoms with van der Waals surface area (Å²) in [6.45, 7) is 6.44. The van der Waals surface area contributed by atoms with E-state index < -0.39 is 0 Å². The van der Waals surface area contributed by atoms with E-state index in [-0.39, 0.29) is 12.4 Å². The number of anilines is 2. The van der Waals surface area contributed by atoms with Crippen molar-refractivity contribution in [1.82, 2.24) is 9.97 Å². The summed E-state index contributed by atoms with van der Waals surface area (Å²) in [6.07, 6.45) is 0. The van der Waals surface area contributed by atoms with E-state index in [9.17, 15) is 0 Å². The predicted molar refractivity (Wildman–Crippen MR) is 85.6 cm³/mol. The maximum atomic E-state index is 5.47. The van der Waals surface area contributed by atoms with E-state index >= 15 is 0 Å². The maximum absolute atomic E-state index is 5.47. The zero-order valence-electron chi connectivity index (χ0n) is 12.9. The summed E-state index contributed by atoms with van der Waals surface area (Å²) >= 11 is 0. The van der Waals surface area contributed by atoms with Gasteiger partial charge in [-0.2, -0.15) is 4.98 Å². The lowest BCUT2D eigenvalue weighted by Gasteiger charge is -2.31. The van der Waals surface area contributed by atoms with Crippen LogP contribution in [0.3, 0.4) is 0 Å². The second kappa shape index (κ2) is 7.29. The zero-order valence-corrected chi connectivity index (χ0v) is 13.7. The molecule has 0 aliphatic carbocycles. The van der Waals surface area contributed by atoms with Crippen molar-refractivity contribution in [1.29, 1.82) is 0 Å². The van der Waals surface area contributed by atoms with Gasteiger partial charge < -0.3 is 31.7 Å². The van der Waals surface area contributed by atoms with Gasteiger partial charge in [0.25, 0.3) is 0 Å². The molecule has 23 heavy (non-hydrogen) atoms. The molecule has 2 saturated heterocycles. The van der Waals surface area contributed by atoms with Crippen LogP contribution in [-0.2, 0) is 9.47 Å². The molecule has 124 valence electrons. The Hall–Kier alpha value is -1.63. The van der Waals surface area contributed by atoms with Crippen LogP contribution in [0, 0.1) is 0 Å². The summed E-state index contributed by atoms with van der Waals surface area (Å²) in [5, 5.41) is 1.11. The smallest absolute Gasteiger partial charge is 0.228 e. The van der Waals surface area contributed by atoms with Crippen LogP contribution in [0.25, 0.3) is 10.9 Å². The van der Waals surface area contributed by atoms with Gasteiger partial charge in [0.05, 0.1) is 31.9 Å². The first-order valence-electron chi connectivity index (χ1n) is 7.84. The molecule has 0 atom stereocenters. The largest absolute Gasteiger partial charge is 1.00 e. The molecule has 0 amide bonds. The van der Waals surface area contributed by atoms with E-state index in [1.807, 2.05) is 12.1 Å². The molecule has 2 aromatic rings. The van der Waals surface area contributed by atoms with E-state index in [1.165, 1.54) is 0 Å². The number of fused-ring (bicyclic) bond motifs is 1. The number of ether oxygens (including phenoxy) is 2. The first-order valence-corrected chi connectivity index (χ1v) is 7.84. The summed E-state index contributed by atoms with van der Waals surface area (Å²) in [4.78, 5) is 14.1. The van der Waals surface area contributed by atoms with Crippen LogP contribution in [0.2, 0.25) is 0 Å². The second-order valence-electron chi connectivity index (χ2n) is 5.56. The van der Waals surface area contributed by atoms with Gasteiger partial charge in [-0.05, 0) is 12.1 Å². The molecule has 6 nitrogen and oxygen atoms in total. The molecular formula is C16H20ClN4O2-. The minimum atomic E-state index is 0. The van der Waals surface area contributed by atoms with Gasteiger partial charge in [-0.1, -0.05) is 12.1 Å². The van der Waals surface area contributed by atoms with Gasteiger partial charge in [-0.3, -0.25) is 0 Å². The molecule has 0 bridgehead atoms. The van der Waals surface area contributed by atoms with Crippen LogP contribution >= 0.6 is 0 Å². The van der Waals surface area contributed by atoms with E-state index in [4.69, 9.17) is 19.4 Å². The predicted octanol–water partition coefficient (Wildman–Crippen LogP) is -1.69. The molecular weight excluding hydrogens is 316 g/mol. The van der Waals surface area contributed by atoms with Crippen molar-refractivity contribution in [2.75, 3.05) is 62.4 Å². The number of halogens is 1. The SMILES string of the molecule is [Cl-].c1ccc2c(N3CCOCC3)nc(N3CCOCC3)nc2c1. The Morgan fingerprint density at radius 1 is 0.783 bits per heavy atom. The first-order chi connectivity index (χ1) is 10.9. The van der Waals surface area contributed by atoms with Crippen molar-refractivity contribution in [3.05, 3.63) is 24.3 Å². The zero-order chi connectivity index (χ0) is 14.8. The van der Waals surface area contributed by atoms with Crippen LogP contribution in [-0.4, -0.2) is 62.6 Å². The third-order valence-corrected chi connectivity index (χ3v) is 4.18. The van der Waals surface area contributed by atoms with Crippen molar-refractivity contribution >= 4 is 22.7 Å². The summed E-state index contributed by atoms with van der Waals surface area (Å²) < 4.78 is 10.9. The number of hydrogen-bond acceptors (Lipinski definition) is 6. The van der Waals surface area contributed by atoms with Crippen LogP contribution in [0.1, 0.15) is 0 Å².